The maximum atomic E-state index is 10.2. The zero-order valence-corrected chi connectivity index (χ0v) is 6.21. The molecule has 0 aliphatic rings. The number of primary amides is 1. The molecular formula is C6H7N5O. The largest absolute Gasteiger partial charge is 0.350 e. The minimum atomic E-state index is -0.718. The maximum Gasteiger partial charge on any atom is 0.337 e. The summed E-state index contributed by atoms with van der Waals surface area (Å²) in [5.41, 5.74) is 4.77. The van der Waals surface area contributed by atoms with Gasteiger partial charge >= 0.3 is 6.03 Å². The molecular weight excluding hydrogens is 158 g/mol. The van der Waals surface area contributed by atoms with Crippen LogP contribution in [-0.2, 0) is 6.42 Å². The normalized spacial score (nSPS) is 10.3. The van der Waals surface area contributed by atoms with Gasteiger partial charge in [0.15, 0.2) is 0 Å². The number of carbonyl (C=O) groups excluding carboxylic acids is 1. The highest BCUT2D eigenvalue weighted by molar-refractivity contribution is 5.82. The number of carbonyl (C=O) groups is 1. The molecule has 62 valence electrons. The fraction of sp³-hybridized carbons (Fsp3) is 0.167. The zero-order valence-electron chi connectivity index (χ0n) is 6.21. The maximum absolute atomic E-state index is 10.2. The summed E-state index contributed by atoms with van der Waals surface area (Å²) in [6.07, 6.45) is 4.49. The summed E-state index contributed by atoms with van der Waals surface area (Å²) in [6, 6.07) is -0.718. The predicted octanol–water partition coefficient (Wildman–Crippen LogP) is -0.436. The lowest BCUT2D eigenvalue weighted by molar-refractivity contribution is 0.257. The summed E-state index contributed by atoms with van der Waals surface area (Å²) in [5, 5.41) is 0. The van der Waals surface area contributed by atoms with Crippen molar-refractivity contribution in [3.8, 4) is 0 Å². The van der Waals surface area contributed by atoms with Crippen molar-refractivity contribution in [1.82, 2.24) is 15.0 Å². The number of nitrogens with zero attached hydrogens (tertiary/aromatic N) is 4. The van der Waals surface area contributed by atoms with Gasteiger partial charge < -0.3 is 5.73 Å². The van der Waals surface area contributed by atoms with E-state index < -0.39 is 6.03 Å². The van der Waals surface area contributed by atoms with Crippen molar-refractivity contribution < 1.29 is 4.79 Å². The molecule has 6 nitrogen and oxygen atoms in total. The summed E-state index contributed by atoms with van der Waals surface area (Å²) >= 11 is 0. The van der Waals surface area contributed by atoms with Crippen LogP contribution in [0.5, 0.6) is 0 Å². The van der Waals surface area contributed by atoms with Crippen LogP contribution in [0.1, 0.15) is 5.82 Å². The summed E-state index contributed by atoms with van der Waals surface area (Å²) in [5.74, 6) is 0.551. The highest BCUT2D eigenvalue weighted by Crippen LogP contribution is 1.83. The minimum Gasteiger partial charge on any atom is -0.350 e. The van der Waals surface area contributed by atoms with Gasteiger partial charge in [0.2, 0.25) is 0 Å². The van der Waals surface area contributed by atoms with Crippen LogP contribution >= 0.6 is 0 Å². The molecule has 2 N–H and O–H groups in total. The number of aromatic nitrogens is 3. The van der Waals surface area contributed by atoms with Gasteiger partial charge in [0.1, 0.15) is 18.5 Å². The standard InChI is InChI=1S/C6H7N5O/c7-6(12)9-2-1-5-10-3-8-4-11-5/h2-4H,1H2,(H2,7,12). The van der Waals surface area contributed by atoms with Gasteiger partial charge in [-0.1, -0.05) is 0 Å². The van der Waals surface area contributed by atoms with E-state index in [-0.39, 0.29) is 0 Å². The second-order valence-electron chi connectivity index (χ2n) is 1.91. The highest BCUT2D eigenvalue weighted by atomic mass is 16.2. The van der Waals surface area contributed by atoms with Gasteiger partial charge in [0.25, 0.3) is 0 Å². The average Bonchev–Trinajstić information content (AvgIpc) is 2.05. The number of urea groups is 1. The molecule has 2 amide bonds. The first kappa shape index (κ1) is 8.25. The van der Waals surface area contributed by atoms with Crippen molar-refractivity contribution in [3.05, 3.63) is 18.5 Å². The van der Waals surface area contributed by atoms with Crippen LogP contribution in [0.4, 0.5) is 4.79 Å². The third-order valence-corrected chi connectivity index (χ3v) is 1.04. The number of aliphatic imine (C=N–C) groups is 1. The van der Waals surface area contributed by atoms with Gasteiger partial charge in [0, 0.05) is 12.6 Å². The van der Waals surface area contributed by atoms with E-state index in [1.165, 1.54) is 18.9 Å². The first-order valence-corrected chi connectivity index (χ1v) is 3.22. The Labute approximate surface area is 68.6 Å². The Kier molecular flexibility index (Phi) is 2.83. The lowest BCUT2D eigenvalue weighted by atomic mass is 10.4. The first-order chi connectivity index (χ1) is 5.79. The molecule has 0 spiro atoms. The lowest BCUT2D eigenvalue weighted by Crippen LogP contribution is -2.05. The fourth-order valence-electron chi connectivity index (χ4n) is 0.586. The van der Waals surface area contributed by atoms with Gasteiger partial charge in [0.05, 0.1) is 0 Å². The van der Waals surface area contributed by atoms with E-state index in [4.69, 9.17) is 5.73 Å². The molecule has 0 fully saturated rings. The van der Waals surface area contributed by atoms with Crippen LogP contribution in [0.3, 0.4) is 0 Å². The molecule has 6 heteroatoms. The third-order valence-electron chi connectivity index (χ3n) is 1.04. The molecule has 0 radical (unpaired) electrons. The first-order valence-electron chi connectivity index (χ1n) is 3.22. The van der Waals surface area contributed by atoms with Crippen LogP contribution < -0.4 is 5.73 Å². The third kappa shape index (κ3) is 2.82. The van der Waals surface area contributed by atoms with Crippen molar-refractivity contribution >= 4 is 12.2 Å². The molecule has 0 aliphatic heterocycles. The minimum absolute atomic E-state index is 0.380. The summed E-state index contributed by atoms with van der Waals surface area (Å²) in [6.45, 7) is 0. The molecule has 1 heterocycles. The zero-order chi connectivity index (χ0) is 8.81. The SMILES string of the molecule is NC(=O)N=CCc1ncncn1. The van der Waals surface area contributed by atoms with Crippen molar-refractivity contribution in [3.63, 3.8) is 0 Å². The Balaban J connectivity index is 2.49. The van der Waals surface area contributed by atoms with Crippen molar-refractivity contribution in [2.24, 2.45) is 10.7 Å². The van der Waals surface area contributed by atoms with E-state index in [0.717, 1.165) is 0 Å². The van der Waals surface area contributed by atoms with Crippen LogP contribution in [0, 0.1) is 0 Å². The van der Waals surface area contributed by atoms with Crippen LogP contribution in [0.2, 0.25) is 0 Å². The molecule has 0 atom stereocenters. The Bertz CT molecular complexity index is 283. The van der Waals surface area contributed by atoms with Crippen molar-refractivity contribution in [1.29, 1.82) is 0 Å². The van der Waals surface area contributed by atoms with Gasteiger partial charge in [-0.2, -0.15) is 0 Å². The van der Waals surface area contributed by atoms with Crippen molar-refractivity contribution in [2.45, 2.75) is 6.42 Å². The monoisotopic (exact) mass is 165 g/mol. The van der Waals surface area contributed by atoms with E-state index in [2.05, 4.69) is 19.9 Å². The second kappa shape index (κ2) is 4.12. The quantitative estimate of drug-likeness (QED) is 0.601. The molecule has 0 saturated heterocycles. The lowest BCUT2D eigenvalue weighted by Gasteiger charge is -1.89. The Morgan fingerprint density at radius 1 is 1.58 bits per heavy atom. The van der Waals surface area contributed by atoms with Gasteiger partial charge in [-0.05, 0) is 0 Å². The summed E-state index contributed by atoms with van der Waals surface area (Å²) in [4.78, 5) is 24.7. The number of hydrogen-bond acceptors (Lipinski definition) is 4. The average molecular weight is 165 g/mol. The van der Waals surface area contributed by atoms with E-state index in [1.54, 1.807) is 0 Å². The Morgan fingerprint density at radius 3 is 2.83 bits per heavy atom. The van der Waals surface area contributed by atoms with Gasteiger partial charge in [-0.3, -0.25) is 0 Å². The molecule has 0 saturated carbocycles. The van der Waals surface area contributed by atoms with E-state index in [1.807, 2.05) is 0 Å². The van der Waals surface area contributed by atoms with Gasteiger partial charge in [-0.15, -0.1) is 0 Å². The van der Waals surface area contributed by atoms with E-state index in [0.29, 0.717) is 12.2 Å². The molecule has 1 aromatic rings. The molecule has 12 heavy (non-hydrogen) atoms. The number of rotatable bonds is 2. The van der Waals surface area contributed by atoms with Crippen LogP contribution in [-0.4, -0.2) is 27.2 Å². The fourth-order valence-corrected chi connectivity index (χ4v) is 0.586. The molecule has 0 aliphatic carbocycles. The van der Waals surface area contributed by atoms with E-state index >= 15 is 0 Å². The number of hydrogen-bond donors (Lipinski definition) is 1. The smallest absolute Gasteiger partial charge is 0.337 e. The van der Waals surface area contributed by atoms with E-state index in [9.17, 15) is 4.79 Å². The van der Waals surface area contributed by atoms with Gasteiger partial charge in [-0.25, -0.2) is 24.7 Å². The molecule has 0 bridgehead atoms. The molecule has 1 aromatic heterocycles. The Morgan fingerprint density at radius 2 is 2.25 bits per heavy atom. The second-order valence-corrected chi connectivity index (χ2v) is 1.91. The highest BCUT2D eigenvalue weighted by Gasteiger charge is 1.90. The molecule has 0 aromatic carbocycles. The molecule has 0 unspecified atom stereocenters. The van der Waals surface area contributed by atoms with Crippen LogP contribution in [0.25, 0.3) is 0 Å². The topological polar surface area (TPSA) is 94.1 Å². The summed E-state index contributed by atoms with van der Waals surface area (Å²) in [7, 11) is 0. The number of amides is 2. The molecule has 1 rings (SSSR count). The predicted molar refractivity (Wildman–Crippen MR) is 41.6 cm³/mol. The number of nitrogens with two attached hydrogens (primary N) is 1. The van der Waals surface area contributed by atoms with Crippen LogP contribution in [0.15, 0.2) is 17.6 Å². The summed E-state index contributed by atoms with van der Waals surface area (Å²) < 4.78 is 0. The van der Waals surface area contributed by atoms with Crippen molar-refractivity contribution in [2.75, 3.05) is 0 Å². The Hall–Kier alpha value is -1.85.